The van der Waals surface area contributed by atoms with Crippen LogP contribution in [-0.4, -0.2) is 9.13 Å². The van der Waals surface area contributed by atoms with Gasteiger partial charge in [-0.3, -0.25) is 0 Å². The molecule has 0 bridgehead atoms. The number of hydrogen-bond acceptors (Lipinski definition) is 0. The van der Waals surface area contributed by atoms with Crippen molar-refractivity contribution in [3.8, 4) is 44.8 Å². The Labute approximate surface area is 333 Å². The first-order valence-electron chi connectivity index (χ1n) is 19.1. The molecule has 0 aliphatic rings. The average molecular weight is 758 g/mol. The predicted octanol–water partition coefficient (Wildman–Crippen LogP) is 15.1. The molecule has 0 unspecified atom stereocenters. The van der Waals surface area contributed by atoms with Crippen molar-refractivity contribution in [3.63, 3.8) is 0 Å². The Morgan fingerprint density at radius 2 is 0.948 bits per heavy atom. The van der Waals surface area contributed by atoms with Crippen molar-refractivity contribution in [2.24, 2.45) is 0 Å². The van der Waals surface area contributed by atoms with Crippen molar-refractivity contribution in [1.82, 2.24) is 9.13 Å². The van der Waals surface area contributed by atoms with E-state index in [1.54, 1.807) is 12.1 Å². The molecular formula is C52H34F3N3. The molecule has 6 heteroatoms. The summed E-state index contributed by atoms with van der Waals surface area (Å²) in [4.78, 5) is 4.30. The van der Waals surface area contributed by atoms with E-state index in [1.165, 1.54) is 12.1 Å². The number of nitrogens with zero attached hydrogens (tertiary/aromatic N) is 3. The molecule has 8 aromatic carbocycles. The fourth-order valence-corrected chi connectivity index (χ4v) is 8.72. The highest BCUT2D eigenvalue weighted by Crippen LogP contribution is 2.48. The summed E-state index contributed by atoms with van der Waals surface area (Å²) in [5, 5.41) is 3.89. The van der Waals surface area contributed by atoms with E-state index in [-0.39, 0.29) is 11.3 Å². The summed E-state index contributed by atoms with van der Waals surface area (Å²) in [7, 11) is 0. The van der Waals surface area contributed by atoms with Crippen LogP contribution < -0.4 is 0 Å². The van der Waals surface area contributed by atoms with Crippen molar-refractivity contribution < 1.29 is 13.2 Å². The van der Waals surface area contributed by atoms with Gasteiger partial charge in [-0.2, -0.15) is 13.2 Å². The first kappa shape index (κ1) is 35.1. The summed E-state index contributed by atoms with van der Waals surface area (Å²) in [5.41, 5.74) is 10.4. The summed E-state index contributed by atoms with van der Waals surface area (Å²) in [6.45, 7) is 13.1. The maximum absolute atomic E-state index is 15.0. The lowest BCUT2D eigenvalue weighted by Gasteiger charge is -2.22. The summed E-state index contributed by atoms with van der Waals surface area (Å²) in [6.07, 6.45) is -4.64. The van der Waals surface area contributed by atoms with Crippen LogP contribution in [0.25, 0.3) is 93.2 Å². The number of hydrogen-bond donors (Lipinski definition) is 0. The van der Waals surface area contributed by atoms with Crippen LogP contribution in [0.4, 0.5) is 18.9 Å². The number of benzene rings is 8. The molecule has 0 radical (unpaired) electrons. The minimum Gasteiger partial charge on any atom is -0.319 e. The van der Waals surface area contributed by atoms with Gasteiger partial charge in [-0.1, -0.05) is 145 Å². The molecule has 0 N–H and O–H groups in total. The van der Waals surface area contributed by atoms with Gasteiger partial charge in [0.15, 0.2) is 0 Å². The molecule has 58 heavy (non-hydrogen) atoms. The quantitative estimate of drug-likeness (QED) is 0.155. The standard InChI is InChI=1S/C52H34F3N3/c1-32-12-10-14-34(28-32)36-22-24-41-39-17-5-8-20-45(39)57(48(41)30-36)47-27-26-43(38-16-4-7-19-44(38)52(53,54)55)51(50(47)56-3)58-46-21-9-6-18-40(46)42-25-23-37(31-49(42)58)35-15-11-13-33(2)29-35/h4-31H,1-2H3. The predicted molar refractivity (Wildman–Crippen MR) is 232 cm³/mol. The Balaban J connectivity index is 1.36. The van der Waals surface area contributed by atoms with E-state index in [9.17, 15) is 13.2 Å². The minimum atomic E-state index is -4.64. The molecule has 2 heterocycles. The second-order valence-electron chi connectivity index (χ2n) is 14.9. The van der Waals surface area contributed by atoms with Gasteiger partial charge in [0.25, 0.3) is 0 Å². The Morgan fingerprint density at radius 1 is 0.448 bits per heavy atom. The molecule has 2 aromatic heterocycles. The van der Waals surface area contributed by atoms with Crippen LogP contribution in [0.15, 0.2) is 170 Å². The highest BCUT2D eigenvalue weighted by molar-refractivity contribution is 6.13. The second kappa shape index (κ2) is 13.4. The lowest BCUT2D eigenvalue weighted by molar-refractivity contribution is -0.137. The van der Waals surface area contributed by atoms with Crippen LogP contribution in [0.2, 0.25) is 0 Å². The molecule has 10 aromatic rings. The van der Waals surface area contributed by atoms with Crippen LogP contribution in [0.1, 0.15) is 16.7 Å². The van der Waals surface area contributed by atoms with Crippen LogP contribution in [0.5, 0.6) is 0 Å². The van der Waals surface area contributed by atoms with Crippen molar-refractivity contribution in [2.45, 2.75) is 20.0 Å². The largest absolute Gasteiger partial charge is 0.417 e. The first-order chi connectivity index (χ1) is 28.2. The average Bonchev–Trinajstić information content (AvgIpc) is 3.74. The lowest BCUT2D eigenvalue weighted by Crippen LogP contribution is -2.09. The summed E-state index contributed by atoms with van der Waals surface area (Å²) >= 11 is 0. The minimum absolute atomic E-state index is 0.00572. The smallest absolute Gasteiger partial charge is 0.319 e. The molecule has 0 saturated heterocycles. The Kier molecular flexibility index (Phi) is 8.10. The van der Waals surface area contributed by atoms with Gasteiger partial charge in [0.05, 0.1) is 45.6 Å². The van der Waals surface area contributed by atoms with E-state index in [0.29, 0.717) is 16.9 Å². The monoisotopic (exact) mass is 757 g/mol. The molecule has 0 spiro atoms. The third-order valence-corrected chi connectivity index (χ3v) is 11.3. The third-order valence-electron chi connectivity index (χ3n) is 11.3. The number of aromatic nitrogens is 2. The van der Waals surface area contributed by atoms with Gasteiger partial charge < -0.3 is 9.13 Å². The van der Waals surface area contributed by atoms with Crippen molar-refractivity contribution >= 4 is 49.3 Å². The number of alkyl halides is 3. The highest BCUT2D eigenvalue weighted by Gasteiger charge is 2.35. The van der Waals surface area contributed by atoms with E-state index in [4.69, 9.17) is 6.57 Å². The fourth-order valence-electron chi connectivity index (χ4n) is 8.72. The van der Waals surface area contributed by atoms with Gasteiger partial charge in [-0.05, 0) is 83.6 Å². The van der Waals surface area contributed by atoms with Crippen LogP contribution in [0, 0.1) is 20.4 Å². The van der Waals surface area contributed by atoms with Gasteiger partial charge in [-0.15, -0.1) is 0 Å². The number of rotatable bonds is 5. The molecule has 0 saturated carbocycles. The maximum atomic E-state index is 15.0. The van der Waals surface area contributed by atoms with Crippen LogP contribution >= 0.6 is 0 Å². The van der Waals surface area contributed by atoms with Crippen LogP contribution in [0.3, 0.4) is 0 Å². The zero-order valence-electron chi connectivity index (χ0n) is 31.6. The lowest BCUT2D eigenvalue weighted by atomic mass is 9.95. The number of para-hydroxylation sites is 2. The second-order valence-corrected chi connectivity index (χ2v) is 14.9. The zero-order valence-corrected chi connectivity index (χ0v) is 31.6. The fraction of sp³-hybridized carbons (Fsp3) is 0.0577. The van der Waals surface area contributed by atoms with Gasteiger partial charge in [0.1, 0.15) is 0 Å². The zero-order chi connectivity index (χ0) is 39.7. The Hall–Kier alpha value is -7.36. The molecule has 10 rings (SSSR count). The molecule has 0 fully saturated rings. The number of fused-ring (bicyclic) bond motifs is 6. The molecule has 0 amide bonds. The molecule has 0 aliphatic carbocycles. The van der Waals surface area contributed by atoms with Crippen LogP contribution in [-0.2, 0) is 6.18 Å². The Morgan fingerprint density at radius 3 is 1.52 bits per heavy atom. The van der Waals surface area contributed by atoms with Gasteiger partial charge >= 0.3 is 6.18 Å². The van der Waals surface area contributed by atoms with Gasteiger partial charge in [-0.25, -0.2) is 4.85 Å². The van der Waals surface area contributed by atoms with E-state index >= 15 is 0 Å². The maximum Gasteiger partial charge on any atom is 0.417 e. The van der Waals surface area contributed by atoms with Gasteiger partial charge in [0.2, 0.25) is 5.69 Å². The number of halogens is 3. The normalized spacial score (nSPS) is 11.9. The molecular weight excluding hydrogens is 724 g/mol. The Bertz CT molecular complexity index is 3320. The van der Waals surface area contributed by atoms with Gasteiger partial charge in [0, 0.05) is 21.5 Å². The highest BCUT2D eigenvalue weighted by atomic mass is 19.4. The molecule has 3 nitrogen and oxygen atoms in total. The van der Waals surface area contributed by atoms with E-state index in [0.717, 1.165) is 83.1 Å². The SMILES string of the molecule is [C-]#[N+]c1c(-n2c3ccccc3c3ccc(-c4cccc(C)c4)cc32)ccc(-c2ccccc2C(F)(F)F)c1-n1c2ccccc2c2ccc(-c3cccc(C)c3)cc21. The van der Waals surface area contributed by atoms with Crippen molar-refractivity contribution in [2.75, 3.05) is 0 Å². The topological polar surface area (TPSA) is 14.2 Å². The summed E-state index contributed by atoms with van der Waals surface area (Å²) in [6, 6.07) is 54.5. The van der Waals surface area contributed by atoms with E-state index in [2.05, 4.69) is 102 Å². The van der Waals surface area contributed by atoms with E-state index < -0.39 is 11.7 Å². The summed E-state index contributed by atoms with van der Waals surface area (Å²) in [5.74, 6) is 0. The molecule has 0 atom stereocenters. The summed E-state index contributed by atoms with van der Waals surface area (Å²) < 4.78 is 49.0. The van der Waals surface area contributed by atoms with Crippen molar-refractivity contribution in [3.05, 3.63) is 198 Å². The molecule has 0 aliphatic heterocycles. The third kappa shape index (κ3) is 5.58. The van der Waals surface area contributed by atoms with E-state index in [1.807, 2.05) is 65.2 Å². The molecule has 278 valence electrons. The first-order valence-corrected chi connectivity index (χ1v) is 19.1. The van der Waals surface area contributed by atoms with Crippen molar-refractivity contribution in [1.29, 1.82) is 0 Å². The number of aryl methyl sites for hydroxylation is 2.